The van der Waals surface area contributed by atoms with Crippen LogP contribution in [0.2, 0.25) is 4.34 Å². The number of thiophene rings is 1. The van der Waals surface area contributed by atoms with Gasteiger partial charge in [-0.1, -0.05) is 17.7 Å². The standard InChI is InChI=1S/C13H13ClN2O2S2/c1-2-9-15-10-3-5-11(6-4-10)16-20(17,18)13-8-7-12(14)19-13/h2-8,15-16H,1,9H2. The second kappa shape index (κ2) is 6.30. The summed E-state index contributed by atoms with van der Waals surface area (Å²) in [6, 6.07) is 10.0. The van der Waals surface area contributed by atoms with Gasteiger partial charge >= 0.3 is 0 Å². The summed E-state index contributed by atoms with van der Waals surface area (Å²) < 4.78 is 27.3. The number of benzene rings is 1. The lowest BCUT2D eigenvalue weighted by molar-refractivity contribution is 0.603. The number of sulfonamides is 1. The minimum Gasteiger partial charge on any atom is -0.382 e. The fourth-order valence-electron chi connectivity index (χ4n) is 1.49. The van der Waals surface area contributed by atoms with Crippen LogP contribution in [0.15, 0.2) is 53.3 Å². The minimum atomic E-state index is -3.57. The first-order chi connectivity index (χ1) is 9.51. The van der Waals surface area contributed by atoms with Gasteiger partial charge in [0.25, 0.3) is 10.0 Å². The Hall–Kier alpha value is -1.50. The van der Waals surface area contributed by atoms with Gasteiger partial charge in [0.15, 0.2) is 0 Å². The molecule has 2 aromatic rings. The van der Waals surface area contributed by atoms with Gasteiger partial charge in [0.1, 0.15) is 4.21 Å². The van der Waals surface area contributed by atoms with Crippen molar-refractivity contribution in [2.75, 3.05) is 16.6 Å². The first-order valence-electron chi connectivity index (χ1n) is 5.74. The van der Waals surface area contributed by atoms with Crippen LogP contribution in [-0.4, -0.2) is 15.0 Å². The van der Waals surface area contributed by atoms with E-state index in [4.69, 9.17) is 11.6 Å². The minimum absolute atomic E-state index is 0.191. The summed E-state index contributed by atoms with van der Waals surface area (Å²) in [4.78, 5) is 0. The molecule has 0 aliphatic rings. The maximum absolute atomic E-state index is 12.1. The molecule has 2 N–H and O–H groups in total. The number of hydrogen-bond acceptors (Lipinski definition) is 4. The Morgan fingerprint density at radius 1 is 1.15 bits per heavy atom. The molecule has 0 saturated carbocycles. The third-order valence-electron chi connectivity index (χ3n) is 2.40. The van der Waals surface area contributed by atoms with Crippen molar-refractivity contribution >= 4 is 44.3 Å². The van der Waals surface area contributed by atoms with E-state index in [0.717, 1.165) is 17.0 Å². The highest BCUT2D eigenvalue weighted by Crippen LogP contribution is 2.27. The molecule has 0 unspecified atom stereocenters. The smallest absolute Gasteiger partial charge is 0.271 e. The summed E-state index contributed by atoms with van der Waals surface area (Å²) in [5, 5.41) is 3.11. The molecule has 106 valence electrons. The second-order valence-electron chi connectivity index (χ2n) is 3.91. The fourth-order valence-corrected chi connectivity index (χ4v) is 4.04. The Labute approximate surface area is 127 Å². The van der Waals surface area contributed by atoms with E-state index >= 15 is 0 Å². The summed E-state index contributed by atoms with van der Waals surface area (Å²) >= 11 is 6.77. The summed E-state index contributed by atoms with van der Waals surface area (Å²) in [5.74, 6) is 0. The molecule has 7 heteroatoms. The zero-order chi connectivity index (χ0) is 14.6. The van der Waals surface area contributed by atoms with Crippen LogP contribution in [0, 0.1) is 0 Å². The predicted octanol–water partition coefficient (Wildman–Crippen LogP) is 3.80. The number of anilines is 2. The molecule has 0 aliphatic carbocycles. The van der Waals surface area contributed by atoms with Crippen molar-refractivity contribution in [1.82, 2.24) is 0 Å². The normalized spacial score (nSPS) is 11.1. The zero-order valence-electron chi connectivity index (χ0n) is 10.5. The van der Waals surface area contributed by atoms with Crippen LogP contribution in [0.25, 0.3) is 0 Å². The second-order valence-corrected chi connectivity index (χ2v) is 7.54. The van der Waals surface area contributed by atoms with E-state index in [1.165, 1.54) is 6.07 Å². The van der Waals surface area contributed by atoms with Crippen LogP contribution in [-0.2, 0) is 10.0 Å². The van der Waals surface area contributed by atoms with Gasteiger partial charge in [-0.05, 0) is 36.4 Å². The molecule has 1 heterocycles. The lowest BCUT2D eigenvalue weighted by Gasteiger charge is -2.08. The highest BCUT2D eigenvalue weighted by atomic mass is 35.5. The van der Waals surface area contributed by atoms with Gasteiger partial charge < -0.3 is 5.32 Å². The van der Waals surface area contributed by atoms with Crippen LogP contribution in [0.1, 0.15) is 0 Å². The van der Waals surface area contributed by atoms with Crippen LogP contribution in [0.4, 0.5) is 11.4 Å². The predicted molar refractivity (Wildman–Crippen MR) is 85.3 cm³/mol. The van der Waals surface area contributed by atoms with Crippen molar-refractivity contribution in [3.05, 3.63) is 53.4 Å². The van der Waals surface area contributed by atoms with Gasteiger partial charge in [-0.15, -0.1) is 17.9 Å². The topological polar surface area (TPSA) is 58.2 Å². The van der Waals surface area contributed by atoms with Crippen molar-refractivity contribution in [1.29, 1.82) is 0 Å². The summed E-state index contributed by atoms with van der Waals surface area (Å²) in [6.07, 6.45) is 1.75. The molecule has 1 aromatic carbocycles. The van der Waals surface area contributed by atoms with Crippen LogP contribution >= 0.6 is 22.9 Å². The number of halogens is 1. The lowest BCUT2D eigenvalue weighted by Crippen LogP contribution is -2.11. The molecule has 1 aromatic heterocycles. The molecule has 0 bridgehead atoms. The highest BCUT2D eigenvalue weighted by Gasteiger charge is 2.16. The Kier molecular flexibility index (Phi) is 4.69. The van der Waals surface area contributed by atoms with Crippen LogP contribution in [0.3, 0.4) is 0 Å². The van der Waals surface area contributed by atoms with Gasteiger partial charge in [-0.25, -0.2) is 8.42 Å². The Morgan fingerprint density at radius 3 is 2.35 bits per heavy atom. The zero-order valence-corrected chi connectivity index (χ0v) is 12.9. The third-order valence-corrected chi connectivity index (χ3v) is 5.51. The molecule has 20 heavy (non-hydrogen) atoms. The van der Waals surface area contributed by atoms with E-state index in [1.807, 2.05) is 0 Å². The Bertz CT molecular complexity index is 693. The average Bonchev–Trinajstić information content (AvgIpc) is 2.85. The molecule has 0 amide bonds. The van der Waals surface area contributed by atoms with E-state index in [-0.39, 0.29) is 4.21 Å². The summed E-state index contributed by atoms with van der Waals surface area (Å²) in [5.41, 5.74) is 1.39. The quantitative estimate of drug-likeness (QED) is 0.793. The molecule has 0 aliphatic heterocycles. The fraction of sp³-hybridized carbons (Fsp3) is 0.0769. The van der Waals surface area contributed by atoms with Crippen molar-refractivity contribution < 1.29 is 8.42 Å². The lowest BCUT2D eigenvalue weighted by atomic mass is 10.3. The highest BCUT2D eigenvalue weighted by molar-refractivity contribution is 7.94. The van der Waals surface area contributed by atoms with E-state index in [2.05, 4.69) is 16.6 Å². The number of hydrogen-bond donors (Lipinski definition) is 2. The first kappa shape index (κ1) is 14.9. The van der Waals surface area contributed by atoms with Gasteiger partial charge in [0.05, 0.1) is 4.34 Å². The van der Waals surface area contributed by atoms with Gasteiger partial charge in [-0.3, -0.25) is 4.72 Å². The number of rotatable bonds is 6. The third kappa shape index (κ3) is 3.75. The first-order valence-corrected chi connectivity index (χ1v) is 8.42. The molecular formula is C13H13ClN2O2S2. The maximum Gasteiger partial charge on any atom is 0.271 e. The largest absolute Gasteiger partial charge is 0.382 e. The molecule has 0 atom stereocenters. The summed E-state index contributed by atoms with van der Waals surface area (Å²) in [7, 11) is -3.57. The average molecular weight is 329 g/mol. The van der Waals surface area contributed by atoms with Gasteiger partial charge in [0.2, 0.25) is 0 Å². The van der Waals surface area contributed by atoms with E-state index in [0.29, 0.717) is 16.6 Å². The van der Waals surface area contributed by atoms with E-state index in [1.54, 1.807) is 36.4 Å². The summed E-state index contributed by atoms with van der Waals surface area (Å²) in [6.45, 7) is 4.27. The number of nitrogens with one attached hydrogen (secondary N) is 2. The molecule has 0 spiro atoms. The van der Waals surface area contributed by atoms with Crippen molar-refractivity contribution in [2.45, 2.75) is 4.21 Å². The van der Waals surface area contributed by atoms with Crippen molar-refractivity contribution in [3.63, 3.8) is 0 Å². The SMILES string of the molecule is C=CCNc1ccc(NS(=O)(=O)c2ccc(Cl)s2)cc1. The Morgan fingerprint density at radius 2 is 1.80 bits per heavy atom. The Balaban J connectivity index is 2.11. The molecule has 0 radical (unpaired) electrons. The molecule has 4 nitrogen and oxygen atoms in total. The molecule has 0 fully saturated rings. The van der Waals surface area contributed by atoms with E-state index in [9.17, 15) is 8.42 Å². The molecule has 2 rings (SSSR count). The van der Waals surface area contributed by atoms with E-state index < -0.39 is 10.0 Å². The van der Waals surface area contributed by atoms with Gasteiger partial charge in [0, 0.05) is 17.9 Å². The van der Waals surface area contributed by atoms with Crippen molar-refractivity contribution in [3.8, 4) is 0 Å². The van der Waals surface area contributed by atoms with Crippen LogP contribution < -0.4 is 10.0 Å². The van der Waals surface area contributed by atoms with Crippen molar-refractivity contribution in [2.24, 2.45) is 0 Å². The van der Waals surface area contributed by atoms with Gasteiger partial charge in [-0.2, -0.15) is 0 Å². The van der Waals surface area contributed by atoms with Crippen LogP contribution in [0.5, 0.6) is 0 Å². The maximum atomic E-state index is 12.1. The monoisotopic (exact) mass is 328 g/mol. The molecule has 0 saturated heterocycles. The molecular weight excluding hydrogens is 316 g/mol.